The monoisotopic (exact) mass is 346 g/mol. The van der Waals surface area contributed by atoms with Crippen molar-refractivity contribution in [2.24, 2.45) is 0 Å². The standard InChI is InChI=1S/C16H15AsO4/c1-17(14-9-7-13(8-10-14)15(18)19)16(20)21-11-12-5-3-2-4-6-12/h2-10H,11H2,1H3,(H,18,19). The van der Waals surface area contributed by atoms with Crippen LogP contribution in [-0.4, -0.2) is 30.5 Å². The Labute approximate surface area is 127 Å². The Morgan fingerprint density at radius 1 is 1.05 bits per heavy atom. The van der Waals surface area contributed by atoms with Crippen LogP contribution < -0.4 is 4.35 Å². The molecule has 0 spiro atoms. The van der Waals surface area contributed by atoms with Crippen molar-refractivity contribution in [1.29, 1.82) is 0 Å². The number of aromatic carboxylic acids is 1. The zero-order valence-electron chi connectivity index (χ0n) is 11.5. The van der Waals surface area contributed by atoms with Gasteiger partial charge in [0.15, 0.2) is 0 Å². The van der Waals surface area contributed by atoms with E-state index in [0.29, 0.717) is 0 Å². The number of carboxylic acids is 1. The van der Waals surface area contributed by atoms with Crippen LogP contribution in [0.2, 0.25) is 5.71 Å². The molecule has 0 heterocycles. The Morgan fingerprint density at radius 3 is 2.24 bits per heavy atom. The van der Waals surface area contributed by atoms with Crippen molar-refractivity contribution in [2.75, 3.05) is 0 Å². The minimum absolute atomic E-state index is 0.186. The van der Waals surface area contributed by atoms with Crippen LogP contribution in [0.3, 0.4) is 0 Å². The fraction of sp³-hybridized carbons (Fsp3) is 0.125. The third-order valence-corrected chi connectivity index (χ3v) is 6.65. The summed E-state index contributed by atoms with van der Waals surface area (Å²) in [5.74, 6) is -0.969. The van der Waals surface area contributed by atoms with Crippen LogP contribution in [0.5, 0.6) is 0 Å². The summed E-state index contributed by atoms with van der Waals surface area (Å²) in [7, 11) is 0. The van der Waals surface area contributed by atoms with Crippen LogP contribution in [0.25, 0.3) is 0 Å². The van der Waals surface area contributed by atoms with E-state index in [1.54, 1.807) is 12.1 Å². The number of benzene rings is 2. The molecule has 0 aliphatic heterocycles. The van der Waals surface area contributed by atoms with Gasteiger partial charge in [-0.15, -0.1) is 0 Å². The second-order valence-corrected chi connectivity index (χ2v) is 8.65. The molecule has 0 bridgehead atoms. The molecule has 108 valence electrons. The maximum atomic E-state index is 12.1. The quantitative estimate of drug-likeness (QED) is 0.846. The van der Waals surface area contributed by atoms with Crippen LogP contribution in [0.4, 0.5) is 4.79 Å². The molecule has 2 rings (SSSR count). The number of carbonyl (C=O) groups excluding carboxylic acids is 1. The molecule has 1 atom stereocenters. The predicted octanol–water partition coefficient (Wildman–Crippen LogP) is 2.63. The van der Waals surface area contributed by atoms with Crippen molar-refractivity contribution >= 4 is 29.7 Å². The maximum absolute atomic E-state index is 12.1. The Kier molecular flexibility index (Phi) is 5.18. The van der Waals surface area contributed by atoms with Gasteiger partial charge in [-0.3, -0.25) is 0 Å². The predicted molar refractivity (Wildman–Crippen MR) is 81.3 cm³/mol. The van der Waals surface area contributed by atoms with Gasteiger partial charge in [-0.05, 0) is 0 Å². The summed E-state index contributed by atoms with van der Waals surface area (Å²) in [5.41, 5.74) is 3.06. The molecular weight excluding hydrogens is 331 g/mol. The van der Waals surface area contributed by atoms with E-state index in [9.17, 15) is 9.59 Å². The van der Waals surface area contributed by atoms with Gasteiger partial charge in [0.2, 0.25) is 0 Å². The molecule has 0 fully saturated rings. The normalized spacial score (nSPS) is 11.7. The first-order chi connectivity index (χ1) is 10.1. The average molecular weight is 346 g/mol. The van der Waals surface area contributed by atoms with Gasteiger partial charge in [-0.1, -0.05) is 0 Å². The summed E-state index contributed by atoms with van der Waals surface area (Å²) < 4.78 is 6.03. The van der Waals surface area contributed by atoms with Gasteiger partial charge < -0.3 is 0 Å². The van der Waals surface area contributed by atoms with Gasteiger partial charge in [0.1, 0.15) is 0 Å². The number of hydrogen-bond acceptors (Lipinski definition) is 3. The van der Waals surface area contributed by atoms with Crippen LogP contribution in [0, 0.1) is 0 Å². The van der Waals surface area contributed by atoms with Gasteiger partial charge in [0.25, 0.3) is 0 Å². The molecule has 0 saturated carbocycles. The van der Waals surface area contributed by atoms with Gasteiger partial charge in [-0.2, -0.15) is 0 Å². The molecule has 21 heavy (non-hydrogen) atoms. The van der Waals surface area contributed by atoms with Crippen LogP contribution >= 0.6 is 0 Å². The fourth-order valence-electron chi connectivity index (χ4n) is 1.75. The Bertz CT molecular complexity index is 622. The topological polar surface area (TPSA) is 63.6 Å². The van der Waals surface area contributed by atoms with Crippen molar-refractivity contribution in [1.82, 2.24) is 0 Å². The van der Waals surface area contributed by atoms with E-state index in [2.05, 4.69) is 0 Å². The summed E-state index contributed by atoms with van der Waals surface area (Å²) in [6.07, 6.45) is 0. The molecule has 4 nitrogen and oxygen atoms in total. The second kappa shape index (κ2) is 7.09. The molecule has 0 saturated heterocycles. The zero-order chi connectivity index (χ0) is 15.2. The summed E-state index contributed by atoms with van der Waals surface area (Å²) in [5, 5.41) is 8.85. The van der Waals surface area contributed by atoms with E-state index in [-0.39, 0.29) is 16.9 Å². The van der Waals surface area contributed by atoms with E-state index < -0.39 is 20.6 Å². The number of rotatable bonds is 5. The van der Waals surface area contributed by atoms with Crippen molar-refractivity contribution in [3.63, 3.8) is 0 Å². The Balaban J connectivity index is 1.97. The summed E-state index contributed by atoms with van der Waals surface area (Å²) >= 11 is -1.98. The third kappa shape index (κ3) is 4.20. The Hall–Kier alpha value is -2.06. The average Bonchev–Trinajstić information content (AvgIpc) is 2.53. The molecule has 5 heteroatoms. The van der Waals surface area contributed by atoms with E-state index >= 15 is 0 Å². The molecular formula is C16H15AsO4. The zero-order valence-corrected chi connectivity index (χ0v) is 13.4. The van der Waals surface area contributed by atoms with E-state index in [0.717, 1.165) is 9.91 Å². The molecule has 0 aliphatic carbocycles. The summed E-state index contributed by atoms with van der Waals surface area (Å²) in [4.78, 5) is 22.9. The van der Waals surface area contributed by atoms with E-state index in [1.807, 2.05) is 36.0 Å². The van der Waals surface area contributed by atoms with Gasteiger partial charge in [-0.25, -0.2) is 0 Å². The molecule has 2 aromatic carbocycles. The van der Waals surface area contributed by atoms with Crippen molar-refractivity contribution < 1.29 is 19.4 Å². The number of ether oxygens (including phenoxy) is 1. The first kappa shape index (κ1) is 15.3. The molecule has 1 N–H and O–H groups in total. The van der Waals surface area contributed by atoms with Crippen LogP contribution in [0.15, 0.2) is 54.6 Å². The second-order valence-electron chi connectivity index (χ2n) is 4.45. The van der Waals surface area contributed by atoms with E-state index in [4.69, 9.17) is 9.84 Å². The first-order valence-electron chi connectivity index (χ1n) is 6.35. The summed E-state index contributed by atoms with van der Waals surface area (Å²) in [6, 6.07) is 16.0. The van der Waals surface area contributed by atoms with E-state index in [1.165, 1.54) is 12.1 Å². The van der Waals surface area contributed by atoms with Gasteiger partial charge >= 0.3 is 127 Å². The molecule has 0 aromatic heterocycles. The Morgan fingerprint density at radius 2 is 1.67 bits per heavy atom. The molecule has 0 radical (unpaired) electrons. The third-order valence-electron chi connectivity index (χ3n) is 2.98. The number of carbonyl (C=O) groups is 2. The fourth-order valence-corrected chi connectivity index (χ4v) is 3.98. The summed E-state index contributed by atoms with van der Waals surface area (Å²) in [6.45, 7) is 0.270. The van der Waals surface area contributed by atoms with Gasteiger partial charge in [0.05, 0.1) is 0 Å². The SMILES string of the molecule is C[As](C(=O)OCc1ccccc1)c1ccc(C(=O)O)cc1. The number of hydrogen-bond donors (Lipinski definition) is 1. The molecule has 0 aliphatic rings. The molecule has 0 amide bonds. The minimum atomic E-state index is -1.98. The van der Waals surface area contributed by atoms with Crippen molar-refractivity contribution in [3.05, 3.63) is 65.7 Å². The van der Waals surface area contributed by atoms with Crippen LogP contribution in [0.1, 0.15) is 15.9 Å². The molecule has 2 aromatic rings. The first-order valence-corrected chi connectivity index (χ1v) is 10.1. The molecule has 1 unspecified atom stereocenters. The van der Waals surface area contributed by atoms with Crippen molar-refractivity contribution in [3.8, 4) is 0 Å². The van der Waals surface area contributed by atoms with Crippen molar-refractivity contribution in [2.45, 2.75) is 12.3 Å². The van der Waals surface area contributed by atoms with Gasteiger partial charge in [0, 0.05) is 0 Å². The van der Waals surface area contributed by atoms with Crippen LogP contribution in [-0.2, 0) is 11.3 Å². The number of carboxylic acid groups (broad SMARTS) is 1.